The van der Waals surface area contributed by atoms with Gasteiger partial charge in [0.05, 0.1) is 12.5 Å². The molecule has 0 spiro atoms. The number of ether oxygens (including phenoxy) is 2. The Labute approximate surface area is 245 Å². The largest absolute Gasteiger partial charge is 0.466 e. The molecule has 3 aromatic carbocycles. The van der Waals surface area contributed by atoms with E-state index < -0.39 is 5.60 Å². The lowest BCUT2D eigenvalue weighted by atomic mass is 9.83. The third kappa shape index (κ3) is 6.38. The number of nitrogens with zero attached hydrogens (tertiary/aromatic N) is 2. The minimum Gasteiger partial charge on any atom is -0.466 e. The molecule has 1 N–H and O–H groups in total. The molecule has 0 aromatic heterocycles. The number of rotatable bonds is 11. The van der Waals surface area contributed by atoms with Gasteiger partial charge in [-0.25, -0.2) is 5.01 Å². The van der Waals surface area contributed by atoms with E-state index in [1.807, 2.05) is 78.9 Å². The van der Waals surface area contributed by atoms with Crippen molar-refractivity contribution in [1.29, 1.82) is 0 Å². The second-order valence-electron chi connectivity index (χ2n) is 11.5. The van der Waals surface area contributed by atoms with Gasteiger partial charge in [-0.15, -0.1) is 5.10 Å². The highest BCUT2D eigenvalue weighted by Gasteiger charge is 2.45. The van der Waals surface area contributed by atoms with Crippen LogP contribution in [0.5, 0.6) is 0 Å². The van der Waals surface area contributed by atoms with Crippen LogP contribution in [-0.2, 0) is 36.8 Å². The van der Waals surface area contributed by atoms with E-state index in [0.717, 1.165) is 66.5 Å². The summed E-state index contributed by atoms with van der Waals surface area (Å²) in [7, 11) is 0. The van der Waals surface area contributed by atoms with Crippen molar-refractivity contribution in [1.82, 2.24) is 5.01 Å². The zero-order valence-electron chi connectivity index (χ0n) is 23.5. The quantitative estimate of drug-likeness (QED) is 0.307. The molecule has 8 heteroatoms. The Balaban J connectivity index is 1.16. The second kappa shape index (κ2) is 12.2. The predicted octanol–water partition coefficient (Wildman–Crippen LogP) is 5.57. The van der Waals surface area contributed by atoms with Crippen LogP contribution >= 0.6 is 0 Å². The van der Waals surface area contributed by atoms with Crippen LogP contribution in [-0.4, -0.2) is 41.4 Å². The Morgan fingerprint density at radius 2 is 1.79 bits per heavy atom. The number of carbonyl (C=O) groups excluding carboxylic acids is 3. The van der Waals surface area contributed by atoms with Crippen molar-refractivity contribution in [3.63, 3.8) is 0 Å². The van der Waals surface area contributed by atoms with E-state index in [1.165, 1.54) is 5.01 Å². The molecule has 3 aliphatic rings. The van der Waals surface area contributed by atoms with Gasteiger partial charge in [0, 0.05) is 17.7 Å². The van der Waals surface area contributed by atoms with E-state index in [0.29, 0.717) is 25.3 Å². The molecule has 3 aromatic rings. The fraction of sp³-hybridized carbons (Fsp3) is 0.353. The Hall–Kier alpha value is -4.46. The number of hydrazone groups is 1. The van der Waals surface area contributed by atoms with Crippen molar-refractivity contribution < 1.29 is 23.9 Å². The van der Waals surface area contributed by atoms with Crippen molar-refractivity contribution in [3.8, 4) is 0 Å². The predicted molar refractivity (Wildman–Crippen MR) is 159 cm³/mol. The van der Waals surface area contributed by atoms with Gasteiger partial charge in [0.15, 0.2) is 6.61 Å². The Kier molecular flexibility index (Phi) is 8.04. The Morgan fingerprint density at radius 1 is 1.02 bits per heavy atom. The van der Waals surface area contributed by atoms with Gasteiger partial charge in [-0.3, -0.25) is 14.4 Å². The fourth-order valence-corrected chi connectivity index (χ4v) is 6.10. The minimum absolute atomic E-state index is 0.0162. The molecule has 1 heterocycles. The second-order valence-corrected chi connectivity index (χ2v) is 11.5. The lowest BCUT2D eigenvalue weighted by Crippen LogP contribution is -2.36. The third-order valence-electron chi connectivity index (χ3n) is 8.50. The Bertz CT molecular complexity index is 1460. The van der Waals surface area contributed by atoms with Crippen LogP contribution in [0.15, 0.2) is 84.0 Å². The molecule has 0 bridgehead atoms. The molecule has 0 radical (unpaired) electrons. The van der Waals surface area contributed by atoms with Crippen LogP contribution in [0, 0.1) is 5.92 Å². The number of anilines is 1. The third-order valence-corrected chi connectivity index (χ3v) is 8.50. The van der Waals surface area contributed by atoms with E-state index in [2.05, 4.69) is 10.4 Å². The molecule has 8 nitrogen and oxygen atoms in total. The van der Waals surface area contributed by atoms with Gasteiger partial charge in [-0.2, -0.15) is 0 Å². The Morgan fingerprint density at radius 3 is 2.50 bits per heavy atom. The van der Waals surface area contributed by atoms with E-state index >= 15 is 0 Å². The van der Waals surface area contributed by atoms with Crippen LogP contribution in [0.25, 0.3) is 0 Å². The van der Waals surface area contributed by atoms with Crippen molar-refractivity contribution in [2.24, 2.45) is 11.0 Å². The maximum absolute atomic E-state index is 13.8. The van der Waals surface area contributed by atoms with Gasteiger partial charge in [-0.05, 0) is 72.6 Å². The number of hydrogen-bond donors (Lipinski definition) is 1. The van der Waals surface area contributed by atoms with Crippen molar-refractivity contribution in [2.45, 2.75) is 63.0 Å². The first-order valence-corrected chi connectivity index (χ1v) is 14.7. The monoisotopic (exact) mass is 565 g/mol. The molecule has 1 atom stereocenters. The maximum Gasteiger partial charge on any atom is 0.293 e. The van der Waals surface area contributed by atoms with E-state index in [4.69, 9.17) is 9.47 Å². The highest BCUT2D eigenvalue weighted by molar-refractivity contribution is 5.98. The van der Waals surface area contributed by atoms with E-state index in [9.17, 15) is 14.4 Å². The summed E-state index contributed by atoms with van der Waals surface area (Å²) in [4.78, 5) is 37.2. The fourth-order valence-electron chi connectivity index (χ4n) is 6.10. The minimum atomic E-state index is -0.390. The average molecular weight is 566 g/mol. The summed E-state index contributed by atoms with van der Waals surface area (Å²) in [5.41, 5.74) is 4.11. The standard InChI is InChI=1S/C34H35N3O5/c38-23-42-34(17-18-34)20-25-7-6-12-29(19-25)35-32(40)31(26-8-4-5-9-26)27-15-13-24(14-16-27)21-37-30(39)22-41-33(36-37)28-10-2-1-3-11-28/h1-3,6-7,10-16,19,23,26,31H,4-5,8-9,17-18,20-22H2,(H,35,40)/t31-/m0/s1. The number of carbonyl (C=O) groups is 3. The first kappa shape index (κ1) is 27.7. The topological polar surface area (TPSA) is 97.3 Å². The molecule has 0 unspecified atom stereocenters. The molecule has 6 rings (SSSR count). The molecule has 2 saturated carbocycles. The van der Waals surface area contributed by atoms with E-state index in [-0.39, 0.29) is 30.3 Å². The van der Waals surface area contributed by atoms with Gasteiger partial charge in [0.25, 0.3) is 12.4 Å². The molecular weight excluding hydrogens is 530 g/mol. The molecule has 2 amide bonds. The molecular formula is C34H35N3O5. The van der Waals surface area contributed by atoms with Crippen molar-refractivity contribution >= 4 is 29.9 Å². The summed E-state index contributed by atoms with van der Waals surface area (Å²) in [6, 6.07) is 25.3. The SMILES string of the molecule is O=COC1(Cc2cccc(NC(=O)[C@H](c3ccc(CN4N=C(c5ccccc5)OCC4=O)cc3)C3CCCC3)c2)CC1. The summed E-state index contributed by atoms with van der Waals surface area (Å²) < 4.78 is 10.9. The number of hydrogen-bond acceptors (Lipinski definition) is 6. The van der Waals surface area contributed by atoms with Crippen LogP contribution < -0.4 is 5.32 Å². The van der Waals surface area contributed by atoms with Crippen LogP contribution in [0.2, 0.25) is 0 Å². The van der Waals surface area contributed by atoms with Crippen LogP contribution in [0.3, 0.4) is 0 Å². The van der Waals surface area contributed by atoms with Gasteiger partial charge < -0.3 is 14.8 Å². The first-order valence-electron chi connectivity index (χ1n) is 14.7. The van der Waals surface area contributed by atoms with Crippen molar-refractivity contribution in [2.75, 3.05) is 11.9 Å². The molecule has 42 heavy (non-hydrogen) atoms. The molecule has 216 valence electrons. The maximum atomic E-state index is 13.8. The average Bonchev–Trinajstić information content (AvgIpc) is 3.53. The summed E-state index contributed by atoms with van der Waals surface area (Å²) >= 11 is 0. The molecule has 2 fully saturated rings. The molecule has 2 aliphatic carbocycles. The van der Waals surface area contributed by atoms with E-state index in [1.54, 1.807) is 0 Å². The summed E-state index contributed by atoms with van der Waals surface area (Å²) in [5, 5.41) is 9.07. The zero-order chi connectivity index (χ0) is 28.9. The van der Waals surface area contributed by atoms with Crippen LogP contribution in [0.4, 0.5) is 5.69 Å². The lowest BCUT2D eigenvalue weighted by Gasteiger charge is -2.25. The van der Waals surface area contributed by atoms with Gasteiger partial charge in [0.2, 0.25) is 11.8 Å². The van der Waals surface area contributed by atoms with Crippen LogP contribution in [0.1, 0.15) is 66.7 Å². The highest BCUT2D eigenvalue weighted by Crippen LogP contribution is 2.42. The first-order chi connectivity index (χ1) is 20.5. The summed E-state index contributed by atoms with van der Waals surface area (Å²) in [6.07, 6.45) is 6.66. The zero-order valence-corrected chi connectivity index (χ0v) is 23.5. The number of nitrogens with one attached hydrogen (secondary N) is 1. The number of benzene rings is 3. The van der Waals surface area contributed by atoms with Gasteiger partial charge in [-0.1, -0.05) is 67.4 Å². The number of amides is 2. The van der Waals surface area contributed by atoms with Gasteiger partial charge in [0.1, 0.15) is 5.60 Å². The molecule has 1 aliphatic heterocycles. The molecule has 0 saturated heterocycles. The summed E-state index contributed by atoms with van der Waals surface area (Å²) in [6.45, 7) is 0.799. The lowest BCUT2D eigenvalue weighted by molar-refractivity contribution is -0.136. The smallest absolute Gasteiger partial charge is 0.293 e. The van der Waals surface area contributed by atoms with Gasteiger partial charge >= 0.3 is 0 Å². The van der Waals surface area contributed by atoms with Crippen molar-refractivity contribution in [3.05, 3.63) is 101 Å². The highest BCUT2D eigenvalue weighted by atomic mass is 16.5. The normalized spacial score (nSPS) is 18.5. The summed E-state index contributed by atoms with van der Waals surface area (Å²) in [5.74, 6) is 0.212.